The standard InChI is InChI=1S/C59H83N9O7S/c1-35-36(2)48(35)53(69)62-50-52(66-32-58(6,7)33-66)54-61-46(31-76-54)38-13-16-47-42(26-38)44(29-57(4,5)34-74-56(71)45-12-11-18-68(63-45)55(50)70)51(67(47)23-25-73-41-17-24-75-59(8,9)28-41)43-27-40(30-60-49(43)37(3)72-10)65-21-19-64(20-22-65)39-14-15-39/h13,16,26-27,30-31,35-37,39,41,45,48,50,52,63H,11-12,14-15,17-25,28-29,32-34H2,1-10H3,(H,62,69)/t35-,36+,37-,41-,45-,48?,50-,52-/m0/s1. The van der Waals surface area contributed by atoms with Gasteiger partial charge in [-0.3, -0.25) is 34.2 Å². The number of aromatic nitrogens is 3. The van der Waals surface area contributed by atoms with Crippen molar-refractivity contribution >= 4 is 45.7 Å². The zero-order chi connectivity index (χ0) is 53.4. The van der Waals surface area contributed by atoms with E-state index in [-0.39, 0.29) is 59.4 Å². The van der Waals surface area contributed by atoms with Crippen molar-refractivity contribution in [1.29, 1.82) is 0 Å². The van der Waals surface area contributed by atoms with Crippen LogP contribution in [0.3, 0.4) is 0 Å². The van der Waals surface area contributed by atoms with Gasteiger partial charge in [-0.05, 0) is 100 Å². The van der Waals surface area contributed by atoms with Crippen LogP contribution in [0.4, 0.5) is 5.69 Å². The summed E-state index contributed by atoms with van der Waals surface area (Å²) in [5.41, 5.74) is 10.5. The van der Waals surface area contributed by atoms with Crippen molar-refractivity contribution in [2.24, 2.45) is 28.6 Å². The summed E-state index contributed by atoms with van der Waals surface area (Å²) in [5.74, 6) is -0.503. The van der Waals surface area contributed by atoms with Crippen LogP contribution in [-0.4, -0.2) is 150 Å². The molecule has 6 fully saturated rings. The Kier molecular flexibility index (Phi) is 14.8. The number of methoxy groups -OCH3 is 1. The van der Waals surface area contributed by atoms with E-state index in [1.54, 1.807) is 12.1 Å². The average Bonchev–Trinajstić information content (AvgIpc) is 4.28. The number of carbonyl (C=O) groups is 3. The van der Waals surface area contributed by atoms with E-state index < -0.39 is 29.5 Å². The molecule has 2 N–H and O–H groups in total. The number of rotatable bonds is 12. The maximum atomic E-state index is 15.2. The zero-order valence-electron chi connectivity index (χ0n) is 46.8. The molecule has 412 valence electrons. The van der Waals surface area contributed by atoms with Crippen LogP contribution < -0.4 is 15.6 Å². The third-order valence-electron chi connectivity index (χ3n) is 17.9. The summed E-state index contributed by atoms with van der Waals surface area (Å²) in [7, 11) is 1.75. The van der Waals surface area contributed by atoms with Crippen molar-refractivity contribution in [3.8, 4) is 22.5 Å². The fraction of sp³-hybridized carbons (Fsp3) is 0.678. The minimum absolute atomic E-state index is 0.0228. The number of likely N-dealkylation sites (tertiary alicyclic amines) is 1. The summed E-state index contributed by atoms with van der Waals surface area (Å²) in [5, 5.41) is 8.82. The van der Waals surface area contributed by atoms with Crippen LogP contribution in [0.25, 0.3) is 33.4 Å². The first-order chi connectivity index (χ1) is 36.3. The van der Waals surface area contributed by atoms with E-state index in [9.17, 15) is 9.59 Å². The second-order valence-electron chi connectivity index (χ2n) is 25.6. The van der Waals surface area contributed by atoms with Gasteiger partial charge < -0.3 is 33.7 Å². The van der Waals surface area contributed by atoms with Gasteiger partial charge in [0.1, 0.15) is 17.1 Å². The Morgan fingerprint density at radius 1 is 0.961 bits per heavy atom. The molecule has 8 heterocycles. The molecule has 0 spiro atoms. The number of hydrazine groups is 1. The van der Waals surface area contributed by atoms with Gasteiger partial charge in [0, 0.05) is 117 Å². The van der Waals surface area contributed by atoms with Crippen LogP contribution in [0.15, 0.2) is 35.8 Å². The SMILES string of the molecule is CO[C@@H](C)c1ncc(N2CCN(C3CC3)CC2)cc1-c1c2c3cc(ccc3n1CCO[C@H]1CCOC(C)(C)C1)-c1csc(n1)[C@@H](N1CC(C)(C)C1)[C@H](NC(=O)C1[C@@H](C)[C@H]1C)C(=O)N1CCC[C@H](N1)C(=O)OCC(C)(C)C2. The van der Waals surface area contributed by atoms with Gasteiger partial charge in [0.05, 0.1) is 66.0 Å². The van der Waals surface area contributed by atoms with Gasteiger partial charge in [0.15, 0.2) is 0 Å². The predicted octanol–water partition coefficient (Wildman–Crippen LogP) is 8.18. The maximum Gasteiger partial charge on any atom is 0.324 e. The highest BCUT2D eigenvalue weighted by molar-refractivity contribution is 7.10. The fourth-order valence-corrected chi connectivity index (χ4v) is 14.1. The molecule has 7 aliphatic rings. The van der Waals surface area contributed by atoms with Gasteiger partial charge >= 0.3 is 5.97 Å². The first-order valence-corrected chi connectivity index (χ1v) is 29.3. The van der Waals surface area contributed by atoms with Crippen molar-refractivity contribution in [3.05, 3.63) is 52.1 Å². The molecule has 6 bridgehead atoms. The summed E-state index contributed by atoms with van der Waals surface area (Å²) >= 11 is 1.54. The second kappa shape index (κ2) is 21.0. The van der Waals surface area contributed by atoms with Crippen molar-refractivity contribution < 1.29 is 33.3 Å². The Hall–Kier alpha value is -4.49. The molecule has 5 aliphatic heterocycles. The maximum absolute atomic E-state index is 15.2. The number of esters is 1. The fourth-order valence-electron chi connectivity index (χ4n) is 13.1. The first kappa shape index (κ1) is 53.5. The van der Waals surface area contributed by atoms with Crippen LogP contribution in [0, 0.1) is 28.6 Å². The number of nitrogens with zero attached hydrogens (tertiary/aromatic N) is 7. The molecule has 76 heavy (non-hydrogen) atoms. The number of fused-ring (bicyclic) bond motifs is 6. The van der Waals surface area contributed by atoms with Gasteiger partial charge in [-0.2, -0.15) is 0 Å². The summed E-state index contributed by atoms with van der Waals surface area (Å²) in [6, 6.07) is 7.54. The van der Waals surface area contributed by atoms with Crippen LogP contribution in [0.5, 0.6) is 0 Å². The molecule has 2 saturated carbocycles. The Balaban J connectivity index is 1.06. The summed E-state index contributed by atoms with van der Waals surface area (Å²) in [4.78, 5) is 61.9. The molecule has 17 heteroatoms. The number of benzene rings is 1. The largest absolute Gasteiger partial charge is 0.464 e. The number of hydrogen-bond acceptors (Lipinski definition) is 14. The minimum Gasteiger partial charge on any atom is -0.464 e. The van der Waals surface area contributed by atoms with E-state index in [0.29, 0.717) is 45.6 Å². The first-order valence-electron chi connectivity index (χ1n) is 28.4. The number of amides is 2. The Bertz CT molecular complexity index is 2800. The normalized spacial score (nSPS) is 29.4. The zero-order valence-corrected chi connectivity index (χ0v) is 47.6. The average molecular weight is 1060 g/mol. The number of hydrogen-bond donors (Lipinski definition) is 2. The van der Waals surface area contributed by atoms with Crippen molar-refractivity contribution in [1.82, 2.24) is 40.1 Å². The van der Waals surface area contributed by atoms with Gasteiger partial charge in [-0.1, -0.05) is 47.6 Å². The number of thiazole rings is 1. The Morgan fingerprint density at radius 3 is 2.42 bits per heavy atom. The van der Waals surface area contributed by atoms with Crippen molar-refractivity contribution in [2.75, 3.05) is 77.6 Å². The predicted molar refractivity (Wildman–Crippen MR) is 296 cm³/mol. The summed E-state index contributed by atoms with van der Waals surface area (Å²) in [6.45, 7) is 27.1. The molecule has 11 rings (SSSR count). The number of cyclic esters (lactones) is 1. The monoisotopic (exact) mass is 1060 g/mol. The number of piperazine rings is 1. The molecule has 3 aromatic heterocycles. The lowest BCUT2D eigenvalue weighted by atomic mass is 9.82. The van der Waals surface area contributed by atoms with Gasteiger partial charge in [-0.25, -0.2) is 10.4 Å². The van der Waals surface area contributed by atoms with Crippen LogP contribution in [-0.2, 0) is 46.3 Å². The van der Waals surface area contributed by atoms with E-state index in [1.807, 2.05) is 6.20 Å². The van der Waals surface area contributed by atoms with E-state index in [0.717, 1.165) is 114 Å². The third kappa shape index (κ3) is 11.0. The van der Waals surface area contributed by atoms with Crippen LogP contribution >= 0.6 is 11.3 Å². The lowest BCUT2D eigenvalue weighted by molar-refractivity contribution is -0.156. The van der Waals surface area contributed by atoms with Crippen molar-refractivity contribution in [3.63, 3.8) is 0 Å². The highest BCUT2D eigenvalue weighted by Gasteiger charge is 2.52. The number of nitrogens with one attached hydrogen (secondary N) is 2. The minimum atomic E-state index is -0.946. The third-order valence-corrected chi connectivity index (χ3v) is 18.8. The van der Waals surface area contributed by atoms with Gasteiger partial charge in [0.2, 0.25) is 5.91 Å². The van der Waals surface area contributed by atoms with E-state index >= 15 is 4.79 Å². The molecule has 1 aromatic carbocycles. The Morgan fingerprint density at radius 2 is 1.72 bits per heavy atom. The summed E-state index contributed by atoms with van der Waals surface area (Å²) < 4.78 is 27.9. The molecule has 4 saturated heterocycles. The Labute approximate surface area is 453 Å². The van der Waals surface area contributed by atoms with E-state index in [4.69, 9.17) is 28.9 Å². The quantitative estimate of drug-likeness (QED) is 0.131. The highest BCUT2D eigenvalue weighted by atomic mass is 32.1. The molecular weight excluding hydrogens is 979 g/mol. The van der Waals surface area contributed by atoms with Gasteiger partial charge in [0.25, 0.3) is 5.91 Å². The van der Waals surface area contributed by atoms with E-state index in [1.165, 1.54) is 24.2 Å². The highest BCUT2D eigenvalue weighted by Crippen LogP contribution is 2.48. The van der Waals surface area contributed by atoms with E-state index in [2.05, 4.69) is 122 Å². The number of pyridine rings is 1. The molecule has 1 unspecified atom stereocenters. The lowest BCUT2D eigenvalue weighted by Crippen LogP contribution is -2.65. The van der Waals surface area contributed by atoms with Gasteiger partial charge in [-0.15, -0.1) is 11.3 Å². The lowest BCUT2D eigenvalue weighted by Gasteiger charge is -2.51. The number of carbonyl (C=O) groups excluding carboxylic acids is 3. The number of ether oxygens (including phenoxy) is 4. The molecule has 2 aliphatic carbocycles. The summed E-state index contributed by atoms with van der Waals surface area (Å²) in [6.07, 6.45) is 7.76. The van der Waals surface area contributed by atoms with Crippen LogP contribution in [0.1, 0.15) is 129 Å². The second-order valence-corrected chi connectivity index (χ2v) is 26.5. The smallest absolute Gasteiger partial charge is 0.324 e. The molecule has 8 atom stereocenters. The topological polar surface area (TPSA) is 156 Å². The molecular formula is C59H83N9O7S. The van der Waals surface area contributed by atoms with Crippen LogP contribution in [0.2, 0.25) is 0 Å². The molecule has 16 nitrogen and oxygen atoms in total. The number of anilines is 1. The molecule has 2 amide bonds. The molecule has 4 aromatic rings. The molecule has 0 radical (unpaired) electrons. The van der Waals surface area contributed by atoms with Crippen molar-refractivity contribution in [2.45, 2.75) is 156 Å².